The summed E-state index contributed by atoms with van der Waals surface area (Å²) in [6.07, 6.45) is 2.84. The van der Waals surface area contributed by atoms with Crippen molar-refractivity contribution in [2.45, 2.75) is 39.5 Å². The lowest BCUT2D eigenvalue weighted by atomic mass is 9.68. The van der Waals surface area contributed by atoms with Crippen molar-refractivity contribution in [3.05, 3.63) is 76.8 Å². The van der Waals surface area contributed by atoms with E-state index in [1.54, 1.807) is 25.4 Å². The van der Waals surface area contributed by atoms with E-state index in [0.717, 1.165) is 29.1 Å². The Morgan fingerprint density at radius 1 is 1.16 bits per heavy atom. The molecule has 1 aliphatic heterocycles. The van der Waals surface area contributed by atoms with E-state index in [-0.39, 0.29) is 17.1 Å². The first kappa shape index (κ1) is 20.8. The number of methoxy groups -OCH3 is 1. The maximum Gasteiger partial charge on any atom is 0.255 e. The van der Waals surface area contributed by atoms with E-state index in [1.165, 1.54) is 0 Å². The third-order valence-electron chi connectivity index (χ3n) is 5.84. The number of anilines is 1. The number of nitrogens with one attached hydrogen (secondary N) is 2. The molecule has 1 aromatic carbocycles. The van der Waals surface area contributed by atoms with Gasteiger partial charge in [0.25, 0.3) is 5.91 Å². The summed E-state index contributed by atoms with van der Waals surface area (Å²) in [5.74, 6) is 0.554. The summed E-state index contributed by atoms with van der Waals surface area (Å²) in [5, 5.41) is 6.26. The quantitative estimate of drug-likeness (QED) is 0.774. The van der Waals surface area contributed by atoms with E-state index in [0.29, 0.717) is 23.4 Å². The minimum atomic E-state index is -0.450. The van der Waals surface area contributed by atoms with Gasteiger partial charge in [-0.15, -0.1) is 0 Å². The van der Waals surface area contributed by atoms with Gasteiger partial charge in [-0.3, -0.25) is 9.59 Å². The Morgan fingerprint density at radius 2 is 1.90 bits per heavy atom. The number of dihydropyridines is 1. The monoisotopic (exact) mass is 417 g/mol. The van der Waals surface area contributed by atoms with Crippen molar-refractivity contribution in [1.29, 1.82) is 0 Å². The molecule has 1 aromatic heterocycles. The second-order valence-electron chi connectivity index (χ2n) is 8.87. The summed E-state index contributed by atoms with van der Waals surface area (Å²) in [6, 6.07) is 12.9. The molecule has 0 radical (unpaired) electrons. The molecule has 2 N–H and O–H groups in total. The number of rotatable bonds is 4. The van der Waals surface area contributed by atoms with Crippen LogP contribution in [0.4, 0.5) is 5.82 Å². The summed E-state index contributed by atoms with van der Waals surface area (Å²) >= 11 is 0. The highest BCUT2D eigenvalue weighted by atomic mass is 16.5. The number of amides is 1. The van der Waals surface area contributed by atoms with Crippen molar-refractivity contribution >= 4 is 17.5 Å². The number of hydrogen-bond acceptors (Lipinski definition) is 5. The Kier molecular flexibility index (Phi) is 5.39. The fourth-order valence-corrected chi connectivity index (χ4v) is 4.49. The molecule has 4 rings (SSSR count). The van der Waals surface area contributed by atoms with E-state index in [2.05, 4.69) is 29.5 Å². The molecule has 0 saturated heterocycles. The minimum absolute atomic E-state index is 0.0789. The first-order chi connectivity index (χ1) is 14.8. The van der Waals surface area contributed by atoms with Crippen LogP contribution in [0.1, 0.15) is 45.1 Å². The van der Waals surface area contributed by atoms with Crippen LogP contribution in [-0.2, 0) is 9.59 Å². The van der Waals surface area contributed by atoms with Crippen LogP contribution in [0.25, 0.3) is 0 Å². The molecule has 0 unspecified atom stereocenters. The van der Waals surface area contributed by atoms with Crippen LogP contribution in [0.15, 0.2) is 71.2 Å². The zero-order chi connectivity index (χ0) is 22.2. The molecule has 160 valence electrons. The number of hydrogen-bond donors (Lipinski definition) is 2. The smallest absolute Gasteiger partial charge is 0.255 e. The second kappa shape index (κ2) is 8.02. The Morgan fingerprint density at radius 3 is 2.55 bits per heavy atom. The molecule has 2 aliphatic rings. The van der Waals surface area contributed by atoms with Crippen molar-refractivity contribution in [1.82, 2.24) is 10.3 Å². The van der Waals surface area contributed by atoms with Gasteiger partial charge < -0.3 is 15.4 Å². The van der Waals surface area contributed by atoms with Gasteiger partial charge in [-0.2, -0.15) is 0 Å². The molecule has 1 aliphatic carbocycles. The van der Waals surface area contributed by atoms with Gasteiger partial charge >= 0.3 is 0 Å². The fraction of sp³-hybridized carbons (Fsp3) is 0.320. The number of benzene rings is 1. The van der Waals surface area contributed by atoms with Gasteiger partial charge in [0.05, 0.1) is 7.11 Å². The third-order valence-corrected chi connectivity index (χ3v) is 5.84. The predicted molar refractivity (Wildman–Crippen MR) is 119 cm³/mol. The largest absolute Gasteiger partial charge is 0.497 e. The number of nitrogens with zero attached hydrogens (tertiary/aromatic N) is 1. The summed E-state index contributed by atoms with van der Waals surface area (Å²) in [5.41, 5.74) is 3.63. The van der Waals surface area contributed by atoms with Gasteiger partial charge in [0, 0.05) is 41.1 Å². The van der Waals surface area contributed by atoms with Gasteiger partial charge in [-0.1, -0.05) is 32.0 Å². The highest BCUT2D eigenvalue weighted by molar-refractivity contribution is 6.09. The van der Waals surface area contributed by atoms with E-state index >= 15 is 0 Å². The number of aromatic nitrogens is 1. The maximum absolute atomic E-state index is 13.4. The van der Waals surface area contributed by atoms with Gasteiger partial charge in [0.15, 0.2) is 5.78 Å². The number of carbonyl (C=O) groups excluding carboxylic acids is 2. The van der Waals surface area contributed by atoms with Gasteiger partial charge in [0.1, 0.15) is 11.6 Å². The average molecular weight is 418 g/mol. The van der Waals surface area contributed by atoms with Crippen molar-refractivity contribution < 1.29 is 14.3 Å². The molecule has 6 nitrogen and oxygen atoms in total. The van der Waals surface area contributed by atoms with Crippen molar-refractivity contribution in [2.75, 3.05) is 12.4 Å². The molecular weight excluding hydrogens is 390 g/mol. The van der Waals surface area contributed by atoms with E-state index in [1.807, 2.05) is 37.3 Å². The SMILES string of the molecule is COc1ccc([C@H]2C(C(=O)Nc3ccccn3)=C(C)NC3=C2C(=O)CC(C)(C)C3)cc1. The van der Waals surface area contributed by atoms with Crippen LogP contribution in [-0.4, -0.2) is 23.8 Å². The van der Waals surface area contributed by atoms with Crippen LogP contribution >= 0.6 is 0 Å². The molecule has 0 bridgehead atoms. The van der Waals surface area contributed by atoms with E-state index in [9.17, 15) is 9.59 Å². The normalized spacial score (nSPS) is 20.1. The number of ether oxygens (including phenoxy) is 1. The zero-order valence-corrected chi connectivity index (χ0v) is 18.3. The molecule has 0 fully saturated rings. The average Bonchev–Trinajstić information content (AvgIpc) is 2.72. The van der Waals surface area contributed by atoms with Gasteiger partial charge in [-0.05, 0) is 48.6 Å². The highest BCUT2D eigenvalue weighted by Gasteiger charge is 2.42. The maximum atomic E-state index is 13.4. The summed E-state index contributed by atoms with van der Waals surface area (Å²) in [6.45, 7) is 6.09. The lowest BCUT2D eigenvalue weighted by Crippen LogP contribution is -2.39. The number of carbonyl (C=O) groups is 2. The molecule has 1 amide bonds. The molecule has 31 heavy (non-hydrogen) atoms. The Balaban J connectivity index is 1.80. The predicted octanol–water partition coefficient (Wildman–Crippen LogP) is 4.33. The van der Waals surface area contributed by atoms with Crippen LogP contribution in [0.3, 0.4) is 0 Å². The van der Waals surface area contributed by atoms with E-state index < -0.39 is 5.92 Å². The van der Waals surface area contributed by atoms with Gasteiger partial charge in [0.2, 0.25) is 0 Å². The van der Waals surface area contributed by atoms with Gasteiger partial charge in [-0.25, -0.2) is 4.98 Å². The fourth-order valence-electron chi connectivity index (χ4n) is 4.49. The number of Topliss-reactive ketones (excluding diaryl/α,β-unsaturated/α-hetero) is 1. The number of ketones is 1. The molecular formula is C25H27N3O3. The zero-order valence-electron chi connectivity index (χ0n) is 18.3. The Labute approximate surface area is 182 Å². The summed E-state index contributed by atoms with van der Waals surface area (Å²) in [4.78, 5) is 30.9. The first-order valence-corrected chi connectivity index (χ1v) is 10.4. The minimum Gasteiger partial charge on any atom is -0.497 e. The Bertz CT molecular complexity index is 1080. The lowest BCUT2D eigenvalue weighted by Gasteiger charge is -2.39. The molecule has 6 heteroatoms. The number of allylic oxidation sites excluding steroid dienone is 3. The van der Waals surface area contributed by atoms with Crippen LogP contribution in [0.2, 0.25) is 0 Å². The molecule has 1 atom stereocenters. The highest BCUT2D eigenvalue weighted by Crippen LogP contribution is 2.46. The van der Waals surface area contributed by atoms with Crippen LogP contribution in [0, 0.1) is 5.41 Å². The summed E-state index contributed by atoms with van der Waals surface area (Å²) < 4.78 is 5.30. The Hall–Kier alpha value is -3.41. The molecule has 0 saturated carbocycles. The van der Waals surface area contributed by atoms with Crippen molar-refractivity contribution in [3.63, 3.8) is 0 Å². The standard InChI is InChI=1S/C25H27N3O3/c1-15-21(24(30)28-20-7-5-6-12-26-20)22(16-8-10-17(31-4)11-9-16)23-18(27-15)13-25(2,3)14-19(23)29/h5-12,22,27H,13-14H2,1-4H3,(H,26,28,30)/t22-/m0/s1. The first-order valence-electron chi connectivity index (χ1n) is 10.4. The van der Waals surface area contributed by atoms with E-state index in [4.69, 9.17) is 4.74 Å². The number of pyridine rings is 1. The molecule has 0 spiro atoms. The van der Waals surface area contributed by atoms with Crippen LogP contribution in [0.5, 0.6) is 5.75 Å². The topological polar surface area (TPSA) is 80.3 Å². The second-order valence-corrected chi connectivity index (χ2v) is 8.87. The summed E-state index contributed by atoms with van der Waals surface area (Å²) in [7, 11) is 1.61. The van der Waals surface area contributed by atoms with Crippen molar-refractivity contribution in [2.24, 2.45) is 5.41 Å². The molecule has 2 aromatic rings. The third kappa shape index (κ3) is 4.10. The molecule has 2 heterocycles. The van der Waals surface area contributed by atoms with Crippen molar-refractivity contribution in [3.8, 4) is 5.75 Å². The van der Waals surface area contributed by atoms with Crippen LogP contribution < -0.4 is 15.4 Å². The lowest BCUT2D eigenvalue weighted by molar-refractivity contribution is -0.118.